The number of benzene rings is 2. The molecule has 392 valence electrons. The molecule has 4 aliphatic rings. The van der Waals surface area contributed by atoms with Crippen LogP contribution in [-0.2, 0) is 12.8 Å². The Kier molecular flexibility index (Phi) is 15.3. The molecule has 5 aromatic heterocycles. The molecule has 2 aromatic carbocycles. The normalized spacial score (nSPS) is 16.3. The van der Waals surface area contributed by atoms with Crippen molar-refractivity contribution >= 4 is 45.7 Å². The molecule has 3 N–H and O–H groups in total. The number of nitrogens with two attached hydrogens (primary N) is 1. The van der Waals surface area contributed by atoms with Gasteiger partial charge in [0.1, 0.15) is 41.4 Å². The Morgan fingerprint density at radius 2 is 1.20 bits per heavy atom. The monoisotopic (exact) mass is 1030 g/mol. The number of hydrogen-bond acceptors (Lipinski definition) is 13. The van der Waals surface area contributed by atoms with Gasteiger partial charge in [-0.1, -0.05) is 22.4 Å². The smallest absolute Gasteiger partial charge is 0.324 e. The number of nitrogens with zero attached hydrogens (tertiary/aromatic N) is 14. The Hall–Kier alpha value is -8.16. The first-order chi connectivity index (χ1) is 36.1. The van der Waals surface area contributed by atoms with Crippen LogP contribution in [0.15, 0.2) is 71.1 Å². The molecule has 23 heteroatoms. The number of carbonyl (C=O) groups excluding carboxylic acids is 2. The highest BCUT2D eigenvalue weighted by molar-refractivity contribution is 5.94. The van der Waals surface area contributed by atoms with Gasteiger partial charge < -0.3 is 39.3 Å². The molecule has 0 spiro atoms. The lowest BCUT2D eigenvalue weighted by Gasteiger charge is -2.31. The van der Waals surface area contributed by atoms with E-state index >= 15 is 4.39 Å². The van der Waals surface area contributed by atoms with Gasteiger partial charge in [-0.3, -0.25) is 9.59 Å². The van der Waals surface area contributed by atoms with E-state index in [-0.39, 0.29) is 53.3 Å². The maximum absolute atomic E-state index is 15.2. The Labute approximate surface area is 429 Å². The van der Waals surface area contributed by atoms with Crippen molar-refractivity contribution in [1.82, 2.24) is 54.0 Å². The number of amides is 2. The molecule has 0 bridgehead atoms. The van der Waals surface area contributed by atoms with Crippen molar-refractivity contribution in [2.24, 2.45) is 16.8 Å². The van der Waals surface area contributed by atoms with E-state index in [4.69, 9.17) is 22.0 Å². The van der Waals surface area contributed by atoms with Gasteiger partial charge in [-0.25, -0.2) is 37.5 Å². The Bertz CT molecular complexity index is 3290. The van der Waals surface area contributed by atoms with Crippen LogP contribution in [0, 0.1) is 35.8 Å². The van der Waals surface area contributed by atoms with E-state index < -0.39 is 23.3 Å². The molecule has 4 fully saturated rings. The standard InChI is InChI=1S/C26H27F2N7O2.C22H22F2N6O.C4H8N2O/c1-33(2)25(36)17-6-5-16(19(27)11-17)12-21-22-20(28)13-35(24(22)30-14-29-21)18-7-9-34(10-8-18)26-31-23(32-37-26)15-3-4-15;1-25-29-8-6-16(7-9-29)30-12-18(24)20-19(26-13-27-21(20)30)11-14-4-5-15(10-17(14)23)22(31)28(2)3;5-4(6-7)3-1-2-3/h5-6,11,13-15,18H,3-4,7-10,12H2,1-2H3;4-5,10,12-13,16H,6-9,11H2,2-3H3;3,7H,1-2H2,(H2,5,6). The number of amidine groups is 1. The summed E-state index contributed by atoms with van der Waals surface area (Å²) in [5, 5.41) is 17.2. The van der Waals surface area contributed by atoms with Crippen LogP contribution in [0.25, 0.3) is 27.0 Å². The van der Waals surface area contributed by atoms with Crippen LogP contribution >= 0.6 is 0 Å². The summed E-state index contributed by atoms with van der Waals surface area (Å²) in [6.45, 7) is 9.78. The van der Waals surface area contributed by atoms with Crippen molar-refractivity contribution in [2.45, 2.75) is 82.2 Å². The lowest BCUT2D eigenvalue weighted by molar-refractivity contribution is 0.0820. The second kappa shape index (κ2) is 22.1. The zero-order valence-corrected chi connectivity index (χ0v) is 42.0. The number of oxime groups is 1. The van der Waals surface area contributed by atoms with Gasteiger partial charge in [0.2, 0.25) is 0 Å². The van der Waals surface area contributed by atoms with Crippen LogP contribution < -0.4 is 10.6 Å². The molecule has 2 saturated carbocycles. The minimum Gasteiger partial charge on any atom is -0.409 e. The van der Waals surface area contributed by atoms with E-state index in [0.29, 0.717) is 89.1 Å². The highest BCUT2D eigenvalue weighted by Crippen LogP contribution is 2.40. The summed E-state index contributed by atoms with van der Waals surface area (Å²) < 4.78 is 68.8. The number of rotatable bonds is 11. The van der Waals surface area contributed by atoms with E-state index in [2.05, 4.69) is 45.1 Å². The molecule has 2 amide bonds. The Morgan fingerprint density at radius 1 is 0.720 bits per heavy atom. The van der Waals surface area contributed by atoms with Crippen LogP contribution in [-0.4, -0.2) is 131 Å². The Morgan fingerprint density at radius 3 is 1.60 bits per heavy atom. The van der Waals surface area contributed by atoms with Crippen molar-refractivity contribution in [3.63, 3.8) is 0 Å². The second-order valence-corrected chi connectivity index (χ2v) is 19.7. The van der Waals surface area contributed by atoms with Gasteiger partial charge in [-0.05, 0) is 86.8 Å². The molecular formula is C52H57F4N15O4. The molecule has 2 aliphatic carbocycles. The highest BCUT2D eigenvalue weighted by atomic mass is 19.1. The fourth-order valence-electron chi connectivity index (χ4n) is 9.44. The van der Waals surface area contributed by atoms with Gasteiger partial charge in [0.05, 0.1) is 35.2 Å². The van der Waals surface area contributed by atoms with Crippen LogP contribution in [0.4, 0.5) is 23.6 Å². The molecule has 0 atom stereocenters. The predicted molar refractivity (Wildman–Crippen MR) is 269 cm³/mol. The minimum atomic E-state index is -0.536. The van der Waals surface area contributed by atoms with Crippen LogP contribution in [0.2, 0.25) is 0 Å². The van der Waals surface area contributed by atoms with Gasteiger partial charge >= 0.3 is 6.01 Å². The van der Waals surface area contributed by atoms with Crippen molar-refractivity contribution in [3.05, 3.63) is 136 Å². The van der Waals surface area contributed by atoms with E-state index in [1.807, 2.05) is 9.13 Å². The van der Waals surface area contributed by atoms with E-state index in [1.165, 1.54) is 53.0 Å². The molecule has 75 heavy (non-hydrogen) atoms. The van der Waals surface area contributed by atoms with Gasteiger partial charge in [0.15, 0.2) is 17.5 Å². The number of piperidine rings is 2. The molecular weight excluding hydrogens is 975 g/mol. The first kappa shape index (κ1) is 51.7. The summed E-state index contributed by atoms with van der Waals surface area (Å²) in [5.41, 5.74) is 8.12. The highest BCUT2D eigenvalue weighted by Gasteiger charge is 2.32. The van der Waals surface area contributed by atoms with E-state index in [0.717, 1.165) is 57.2 Å². The third-order valence-electron chi connectivity index (χ3n) is 14.0. The summed E-state index contributed by atoms with van der Waals surface area (Å²) in [6, 6.07) is 9.27. The lowest BCUT2D eigenvalue weighted by Crippen LogP contribution is -2.34. The molecule has 7 heterocycles. The first-order valence-corrected chi connectivity index (χ1v) is 24.8. The molecule has 0 radical (unpaired) electrons. The van der Waals surface area contributed by atoms with Crippen LogP contribution in [0.5, 0.6) is 0 Å². The quantitative estimate of drug-likeness (QED) is 0.0318. The molecule has 0 unspecified atom stereocenters. The molecule has 11 rings (SSSR count). The van der Waals surface area contributed by atoms with E-state index in [9.17, 15) is 22.8 Å². The van der Waals surface area contributed by atoms with Crippen LogP contribution in [0.1, 0.15) is 118 Å². The molecule has 2 aliphatic heterocycles. The maximum atomic E-state index is 15.2. The van der Waals surface area contributed by atoms with Crippen molar-refractivity contribution in [1.29, 1.82) is 0 Å². The number of aromatic nitrogens is 8. The predicted octanol–water partition coefficient (Wildman–Crippen LogP) is 7.72. The maximum Gasteiger partial charge on any atom is 0.324 e. The fraction of sp³-hybridized carbons (Fsp3) is 0.423. The topological polar surface area (TPSA) is 210 Å². The number of halogens is 4. The molecule has 2 saturated heterocycles. The fourth-order valence-corrected chi connectivity index (χ4v) is 9.44. The number of anilines is 1. The third kappa shape index (κ3) is 11.5. The Balaban J connectivity index is 0.000000164. The SMILES string of the molecule is CN(C)C(=O)c1ccc(Cc2ncnc3c2c(F)cn3C2CCN(c3nc(C4CC4)no3)CC2)c(F)c1.N/C(=N\O)C1CC1.[C-]#[N+]N1CCC(n2cc(F)c3c(Cc4ccc(C(=O)N(C)C)cc4F)ncnc32)CC1. The van der Waals surface area contributed by atoms with Gasteiger partial charge in [-0.2, -0.15) is 16.5 Å². The van der Waals surface area contributed by atoms with Gasteiger partial charge in [0.25, 0.3) is 11.8 Å². The summed E-state index contributed by atoms with van der Waals surface area (Å²) in [7, 11) is 6.42. The summed E-state index contributed by atoms with van der Waals surface area (Å²) >= 11 is 0. The summed E-state index contributed by atoms with van der Waals surface area (Å²) in [4.78, 5) is 54.2. The number of fused-ring (bicyclic) bond motifs is 2. The zero-order valence-electron chi connectivity index (χ0n) is 42.0. The third-order valence-corrected chi connectivity index (χ3v) is 14.0. The lowest BCUT2D eigenvalue weighted by atomic mass is 10.0. The molecule has 19 nitrogen and oxygen atoms in total. The number of hydrogen-bond donors (Lipinski definition) is 2. The van der Waals surface area contributed by atoms with Gasteiger partial charge in [-0.15, -0.1) is 5.01 Å². The second-order valence-electron chi connectivity index (χ2n) is 19.7. The summed E-state index contributed by atoms with van der Waals surface area (Å²) in [6.07, 6.45) is 13.2. The first-order valence-electron chi connectivity index (χ1n) is 24.8. The average Bonchev–Trinajstić information content (AvgIpc) is 4.35. The van der Waals surface area contributed by atoms with Gasteiger partial charge in [0, 0.05) is 102 Å². The van der Waals surface area contributed by atoms with Crippen LogP contribution in [0.3, 0.4) is 0 Å². The van der Waals surface area contributed by atoms with Crippen molar-refractivity contribution in [2.75, 3.05) is 59.3 Å². The largest absolute Gasteiger partial charge is 0.409 e. The van der Waals surface area contributed by atoms with Crippen molar-refractivity contribution < 1.29 is 36.9 Å². The minimum absolute atomic E-state index is 0.0424. The van der Waals surface area contributed by atoms with Crippen molar-refractivity contribution in [3.8, 4) is 0 Å². The zero-order chi connectivity index (χ0) is 53.1. The number of carbonyl (C=O) groups is 2. The average molecular weight is 1030 g/mol. The van der Waals surface area contributed by atoms with E-state index in [1.54, 1.807) is 51.4 Å². The molecule has 7 aromatic rings. The summed E-state index contributed by atoms with van der Waals surface area (Å²) in [5.74, 6) is -0.515.